The van der Waals surface area contributed by atoms with Gasteiger partial charge in [-0.1, -0.05) is 0 Å². The molecular weight excluding hydrogens is 269 g/mol. The van der Waals surface area contributed by atoms with Gasteiger partial charge in [0.1, 0.15) is 18.0 Å². The van der Waals surface area contributed by atoms with Crippen LogP contribution < -0.4 is 10.2 Å². The molecule has 1 aliphatic rings. The molecule has 2 rings (SSSR count). The zero-order valence-corrected chi connectivity index (χ0v) is 11.7. The van der Waals surface area contributed by atoms with E-state index in [-0.39, 0.29) is 13.0 Å². The molecule has 1 saturated heterocycles. The Morgan fingerprint density at radius 1 is 1.40 bits per heavy atom. The molecule has 7 heteroatoms. The van der Waals surface area contributed by atoms with Crippen molar-refractivity contribution in [2.45, 2.75) is 32.9 Å². The molecular formula is C13H19F3N4. The number of hydrogen-bond acceptors (Lipinski definition) is 4. The van der Waals surface area contributed by atoms with Gasteiger partial charge >= 0.3 is 6.18 Å². The van der Waals surface area contributed by atoms with Gasteiger partial charge in [0.15, 0.2) is 0 Å². The Morgan fingerprint density at radius 3 is 2.80 bits per heavy atom. The summed E-state index contributed by atoms with van der Waals surface area (Å²) in [5.41, 5.74) is 0.803. The van der Waals surface area contributed by atoms with Crippen molar-refractivity contribution < 1.29 is 13.2 Å². The van der Waals surface area contributed by atoms with Crippen LogP contribution >= 0.6 is 0 Å². The van der Waals surface area contributed by atoms with Crippen molar-refractivity contribution >= 4 is 11.6 Å². The number of alkyl halides is 3. The van der Waals surface area contributed by atoms with Gasteiger partial charge in [-0.25, -0.2) is 9.97 Å². The lowest BCUT2D eigenvalue weighted by Crippen LogP contribution is -2.42. The molecule has 1 fully saturated rings. The molecule has 1 unspecified atom stereocenters. The molecule has 0 aliphatic carbocycles. The van der Waals surface area contributed by atoms with Crippen molar-refractivity contribution in [1.29, 1.82) is 0 Å². The first kappa shape index (κ1) is 14.9. The van der Waals surface area contributed by atoms with Gasteiger partial charge in [0.05, 0.1) is 5.92 Å². The molecule has 0 bridgehead atoms. The van der Waals surface area contributed by atoms with E-state index in [9.17, 15) is 13.2 Å². The van der Waals surface area contributed by atoms with Crippen molar-refractivity contribution in [2.24, 2.45) is 5.92 Å². The van der Waals surface area contributed by atoms with Crippen molar-refractivity contribution in [3.63, 3.8) is 0 Å². The minimum atomic E-state index is -4.13. The Morgan fingerprint density at radius 2 is 2.15 bits per heavy atom. The molecule has 4 nitrogen and oxygen atoms in total. The van der Waals surface area contributed by atoms with Crippen molar-refractivity contribution in [2.75, 3.05) is 29.9 Å². The monoisotopic (exact) mass is 288 g/mol. The third kappa shape index (κ3) is 3.13. The predicted molar refractivity (Wildman–Crippen MR) is 71.9 cm³/mol. The quantitative estimate of drug-likeness (QED) is 0.928. The normalized spacial score (nSPS) is 20.1. The van der Waals surface area contributed by atoms with Gasteiger partial charge in [-0.05, 0) is 26.7 Å². The lowest BCUT2D eigenvalue weighted by atomic mass is 9.97. The van der Waals surface area contributed by atoms with E-state index in [1.54, 1.807) is 4.90 Å². The molecule has 0 amide bonds. The second-order valence-corrected chi connectivity index (χ2v) is 5.03. The van der Waals surface area contributed by atoms with E-state index in [2.05, 4.69) is 15.3 Å². The van der Waals surface area contributed by atoms with Crippen molar-refractivity contribution in [1.82, 2.24) is 9.97 Å². The average Bonchev–Trinajstić information content (AvgIpc) is 2.41. The molecule has 1 aromatic rings. The van der Waals surface area contributed by atoms with Gasteiger partial charge in [-0.2, -0.15) is 13.2 Å². The summed E-state index contributed by atoms with van der Waals surface area (Å²) < 4.78 is 38.6. The average molecular weight is 288 g/mol. The molecule has 1 aromatic heterocycles. The van der Waals surface area contributed by atoms with Crippen LogP contribution in [0.15, 0.2) is 6.33 Å². The van der Waals surface area contributed by atoms with Crippen LogP contribution in [0, 0.1) is 12.8 Å². The Labute approximate surface area is 116 Å². The van der Waals surface area contributed by atoms with Gasteiger partial charge in [0.25, 0.3) is 0 Å². The number of piperidine rings is 1. The highest BCUT2D eigenvalue weighted by Crippen LogP contribution is 2.35. The topological polar surface area (TPSA) is 41.1 Å². The third-order valence-electron chi connectivity index (χ3n) is 3.59. The first-order valence-electron chi connectivity index (χ1n) is 6.80. The Balaban J connectivity index is 2.21. The second kappa shape index (κ2) is 5.85. The van der Waals surface area contributed by atoms with Crippen LogP contribution in [0.5, 0.6) is 0 Å². The molecule has 2 heterocycles. The fourth-order valence-electron chi connectivity index (χ4n) is 2.54. The maximum absolute atomic E-state index is 12.9. The van der Waals surface area contributed by atoms with Gasteiger partial charge < -0.3 is 10.2 Å². The van der Waals surface area contributed by atoms with Crippen molar-refractivity contribution in [3.8, 4) is 0 Å². The minimum absolute atomic E-state index is 0.0209. The zero-order valence-electron chi connectivity index (χ0n) is 11.7. The number of anilines is 2. The van der Waals surface area contributed by atoms with E-state index in [4.69, 9.17) is 0 Å². The standard InChI is InChI=1S/C13H19F3N4/c1-3-17-11-9(2)12(19-8-18-11)20-6-4-5-10(7-20)13(14,15)16/h8,10H,3-7H2,1-2H3,(H,17,18,19). The van der Waals surface area contributed by atoms with Gasteiger partial charge in [0, 0.05) is 25.2 Å². The van der Waals surface area contributed by atoms with E-state index < -0.39 is 12.1 Å². The van der Waals surface area contributed by atoms with Crippen LogP contribution in [-0.4, -0.2) is 35.8 Å². The number of rotatable bonds is 3. The summed E-state index contributed by atoms with van der Waals surface area (Å²) in [6.07, 6.45) is -2.00. The SMILES string of the molecule is CCNc1ncnc(N2CCCC(C(F)(F)F)C2)c1C. The Bertz CT molecular complexity index is 461. The third-order valence-corrected chi connectivity index (χ3v) is 3.59. The number of nitrogens with one attached hydrogen (secondary N) is 1. The van der Waals surface area contributed by atoms with Crippen LogP contribution in [0.1, 0.15) is 25.3 Å². The fraction of sp³-hybridized carbons (Fsp3) is 0.692. The van der Waals surface area contributed by atoms with Gasteiger partial charge in [-0.15, -0.1) is 0 Å². The minimum Gasteiger partial charge on any atom is -0.370 e. The molecule has 0 aromatic carbocycles. The summed E-state index contributed by atoms with van der Waals surface area (Å²) >= 11 is 0. The molecule has 0 saturated carbocycles. The lowest BCUT2D eigenvalue weighted by Gasteiger charge is -2.35. The van der Waals surface area contributed by atoms with E-state index in [1.165, 1.54) is 6.33 Å². The molecule has 1 atom stereocenters. The smallest absolute Gasteiger partial charge is 0.370 e. The highest BCUT2D eigenvalue weighted by Gasteiger charge is 2.42. The molecule has 1 aliphatic heterocycles. The van der Waals surface area contributed by atoms with Crippen LogP contribution in [-0.2, 0) is 0 Å². The van der Waals surface area contributed by atoms with Crippen LogP contribution in [0.3, 0.4) is 0 Å². The summed E-state index contributed by atoms with van der Waals surface area (Å²) in [6.45, 7) is 5.08. The maximum atomic E-state index is 12.9. The second-order valence-electron chi connectivity index (χ2n) is 5.03. The first-order valence-corrected chi connectivity index (χ1v) is 6.80. The maximum Gasteiger partial charge on any atom is 0.393 e. The predicted octanol–water partition coefficient (Wildman–Crippen LogP) is 3.00. The molecule has 1 N–H and O–H groups in total. The fourth-order valence-corrected chi connectivity index (χ4v) is 2.54. The van der Waals surface area contributed by atoms with Crippen molar-refractivity contribution in [3.05, 3.63) is 11.9 Å². The summed E-state index contributed by atoms with van der Waals surface area (Å²) in [4.78, 5) is 10.0. The molecule has 0 radical (unpaired) electrons. The van der Waals surface area contributed by atoms with E-state index in [1.807, 2.05) is 13.8 Å². The zero-order chi connectivity index (χ0) is 14.8. The molecule has 0 spiro atoms. The van der Waals surface area contributed by atoms with Gasteiger partial charge in [0.2, 0.25) is 0 Å². The van der Waals surface area contributed by atoms with Crippen LogP contribution in [0.4, 0.5) is 24.8 Å². The molecule has 112 valence electrons. The largest absolute Gasteiger partial charge is 0.393 e. The highest BCUT2D eigenvalue weighted by atomic mass is 19.4. The van der Waals surface area contributed by atoms with Gasteiger partial charge in [-0.3, -0.25) is 0 Å². The summed E-state index contributed by atoms with van der Waals surface area (Å²) in [6, 6.07) is 0. The van der Waals surface area contributed by atoms with E-state index >= 15 is 0 Å². The Kier molecular flexibility index (Phi) is 4.35. The Hall–Kier alpha value is -1.53. The number of nitrogens with zero attached hydrogens (tertiary/aromatic N) is 3. The highest BCUT2D eigenvalue weighted by molar-refractivity contribution is 5.58. The number of aromatic nitrogens is 2. The number of halogens is 3. The summed E-state index contributed by atoms with van der Waals surface area (Å²) in [5, 5.41) is 3.10. The van der Waals surface area contributed by atoms with E-state index in [0.717, 1.165) is 5.56 Å². The lowest BCUT2D eigenvalue weighted by molar-refractivity contribution is -0.176. The summed E-state index contributed by atoms with van der Waals surface area (Å²) in [7, 11) is 0. The summed E-state index contributed by atoms with van der Waals surface area (Å²) in [5.74, 6) is 0.0183. The molecule has 20 heavy (non-hydrogen) atoms. The van der Waals surface area contributed by atoms with E-state index in [0.29, 0.717) is 31.1 Å². The van der Waals surface area contributed by atoms with Crippen LogP contribution in [0.25, 0.3) is 0 Å². The van der Waals surface area contributed by atoms with Crippen LogP contribution in [0.2, 0.25) is 0 Å². The number of hydrogen-bond donors (Lipinski definition) is 1. The first-order chi connectivity index (χ1) is 9.43.